The van der Waals surface area contributed by atoms with Gasteiger partial charge in [-0.2, -0.15) is 0 Å². The van der Waals surface area contributed by atoms with Gasteiger partial charge in [-0.15, -0.1) is 0 Å². The number of nitrogens with one attached hydrogen (secondary N) is 1. The van der Waals surface area contributed by atoms with E-state index < -0.39 is 29.4 Å². The molecule has 0 aromatic carbocycles. The van der Waals surface area contributed by atoms with Crippen molar-refractivity contribution < 1.29 is 23.9 Å². The van der Waals surface area contributed by atoms with E-state index >= 15 is 0 Å². The molecule has 2 amide bonds. The van der Waals surface area contributed by atoms with E-state index in [-0.39, 0.29) is 6.54 Å². The topological polar surface area (TPSA) is 89.5 Å². The highest BCUT2D eigenvalue weighted by Crippen LogP contribution is 2.15. The molecule has 0 aromatic heterocycles. The fourth-order valence-corrected chi connectivity index (χ4v) is 2.14. The van der Waals surface area contributed by atoms with Crippen LogP contribution in [0.3, 0.4) is 0 Å². The molecule has 0 saturated carbocycles. The summed E-state index contributed by atoms with van der Waals surface area (Å²) < 4.78 is 10.6. The minimum atomic E-state index is -0.609. The maximum atomic E-state index is 12.2. The number of piperidine rings is 1. The lowest BCUT2D eigenvalue weighted by atomic mass is 10.0. The molecule has 1 unspecified atom stereocenters. The molecule has 138 valence electrons. The van der Waals surface area contributed by atoms with Crippen molar-refractivity contribution in [1.82, 2.24) is 10.2 Å². The molecule has 1 aliphatic heterocycles. The summed E-state index contributed by atoms with van der Waals surface area (Å²) in [6, 6.07) is -0.485. The number of hydrogen-bond donors (Lipinski definition) is 1. The summed E-state index contributed by atoms with van der Waals surface area (Å²) in [6.45, 7) is 11.5. The van der Waals surface area contributed by atoms with E-state index in [2.05, 4.69) is 10.5 Å². The van der Waals surface area contributed by atoms with Crippen LogP contribution < -0.4 is 5.32 Å². The van der Waals surface area contributed by atoms with Gasteiger partial charge in [0.25, 0.3) is 0 Å². The van der Waals surface area contributed by atoms with E-state index in [1.54, 1.807) is 25.7 Å². The van der Waals surface area contributed by atoms with Gasteiger partial charge in [0.15, 0.2) is 0 Å². The first-order chi connectivity index (χ1) is 10.9. The van der Waals surface area contributed by atoms with E-state index in [1.165, 1.54) is 7.11 Å². The number of carbonyl (C=O) groups excluding carboxylic acids is 2. The molecule has 0 aliphatic carbocycles. The van der Waals surface area contributed by atoms with Gasteiger partial charge in [-0.1, -0.05) is 5.16 Å². The molecule has 1 rings (SSSR count). The van der Waals surface area contributed by atoms with Crippen LogP contribution in [0, 0.1) is 0 Å². The summed E-state index contributed by atoms with van der Waals surface area (Å²) in [5.74, 6) is 0. The van der Waals surface area contributed by atoms with E-state index in [4.69, 9.17) is 14.3 Å². The third kappa shape index (κ3) is 7.06. The maximum absolute atomic E-state index is 12.2. The fourth-order valence-electron chi connectivity index (χ4n) is 2.14. The molecule has 8 heteroatoms. The number of alkyl carbamates (subject to hydrolysis) is 1. The first-order valence-electron chi connectivity index (χ1n) is 7.98. The number of carbonyl (C=O) groups is 2. The van der Waals surface area contributed by atoms with E-state index in [1.807, 2.05) is 20.8 Å². The predicted octanol–water partition coefficient (Wildman–Crippen LogP) is 2.52. The fraction of sp³-hybridized carbons (Fsp3) is 0.812. The van der Waals surface area contributed by atoms with Gasteiger partial charge in [-0.25, -0.2) is 9.59 Å². The molecule has 0 spiro atoms. The Hall–Kier alpha value is -1.99. The highest BCUT2D eigenvalue weighted by molar-refractivity contribution is 5.93. The molecule has 1 fully saturated rings. The second kappa shape index (κ2) is 7.72. The molecular weight excluding hydrogens is 314 g/mol. The molecule has 24 heavy (non-hydrogen) atoms. The van der Waals surface area contributed by atoms with Gasteiger partial charge in [0, 0.05) is 19.5 Å². The number of hydrogen-bond acceptors (Lipinski definition) is 6. The first-order valence-corrected chi connectivity index (χ1v) is 7.98. The normalized spacial score (nSPS) is 20.5. The number of ether oxygens (including phenoxy) is 2. The summed E-state index contributed by atoms with van der Waals surface area (Å²) in [6.07, 6.45) is -0.509. The maximum Gasteiger partial charge on any atom is 0.410 e. The molecule has 1 aliphatic rings. The van der Waals surface area contributed by atoms with Gasteiger partial charge in [0.2, 0.25) is 0 Å². The Balaban J connectivity index is 2.78. The predicted molar refractivity (Wildman–Crippen MR) is 90.0 cm³/mol. The third-order valence-corrected chi connectivity index (χ3v) is 2.99. The van der Waals surface area contributed by atoms with Crippen molar-refractivity contribution in [3.8, 4) is 0 Å². The second-order valence-electron chi connectivity index (χ2n) is 7.64. The van der Waals surface area contributed by atoms with Crippen molar-refractivity contribution in [1.29, 1.82) is 0 Å². The van der Waals surface area contributed by atoms with Gasteiger partial charge < -0.3 is 24.5 Å². The third-order valence-electron chi connectivity index (χ3n) is 2.99. The van der Waals surface area contributed by atoms with E-state index in [0.29, 0.717) is 18.7 Å². The summed E-state index contributed by atoms with van der Waals surface area (Å²) in [7, 11) is 1.44. The van der Waals surface area contributed by atoms with Crippen LogP contribution in [0.4, 0.5) is 9.59 Å². The molecule has 8 nitrogen and oxygen atoms in total. The van der Waals surface area contributed by atoms with Crippen molar-refractivity contribution in [3.05, 3.63) is 0 Å². The quantitative estimate of drug-likeness (QED) is 0.778. The highest BCUT2D eigenvalue weighted by Gasteiger charge is 2.33. The van der Waals surface area contributed by atoms with Crippen LogP contribution >= 0.6 is 0 Å². The van der Waals surface area contributed by atoms with Gasteiger partial charge in [0.05, 0.1) is 11.8 Å². The standard InChI is InChI=1S/C16H29N3O5/c1-15(2,3)23-13(20)17-12-10-19(9-8-11(12)18-22-7)14(21)24-16(4,5)6/h12H,8-10H2,1-7H3,(H,17,20). The van der Waals surface area contributed by atoms with Crippen molar-refractivity contribution >= 4 is 17.9 Å². The zero-order valence-corrected chi connectivity index (χ0v) is 15.6. The van der Waals surface area contributed by atoms with Gasteiger partial charge in [0.1, 0.15) is 18.3 Å². The van der Waals surface area contributed by atoms with Gasteiger partial charge in [-0.3, -0.25) is 0 Å². The van der Waals surface area contributed by atoms with Crippen molar-refractivity contribution in [2.45, 2.75) is 65.2 Å². The van der Waals surface area contributed by atoms with E-state index in [0.717, 1.165) is 0 Å². The van der Waals surface area contributed by atoms with Crippen LogP contribution in [0.15, 0.2) is 5.16 Å². The average Bonchev–Trinajstić information content (AvgIpc) is 2.36. The van der Waals surface area contributed by atoms with Crippen LogP contribution in [0.5, 0.6) is 0 Å². The minimum absolute atomic E-state index is 0.246. The van der Waals surface area contributed by atoms with Crippen molar-refractivity contribution in [2.24, 2.45) is 5.16 Å². The Morgan fingerprint density at radius 1 is 1.12 bits per heavy atom. The molecule has 0 radical (unpaired) electrons. The molecule has 0 bridgehead atoms. The summed E-state index contributed by atoms with van der Waals surface area (Å²) in [4.78, 5) is 30.6. The summed E-state index contributed by atoms with van der Waals surface area (Å²) >= 11 is 0. The zero-order valence-electron chi connectivity index (χ0n) is 15.6. The Bertz CT molecular complexity index is 491. The minimum Gasteiger partial charge on any atom is -0.444 e. The highest BCUT2D eigenvalue weighted by atomic mass is 16.6. The molecule has 1 N–H and O–H groups in total. The Labute approximate surface area is 143 Å². The van der Waals surface area contributed by atoms with Crippen molar-refractivity contribution in [2.75, 3.05) is 20.2 Å². The number of likely N-dealkylation sites (tertiary alicyclic amines) is 1. The number of nitrogens with zero attached hydrogens (tertiary/aromatic N) is 2. The van der Waals surface area contributed by atoms with Crippen LogP contribution in [0.2, 0.25) is 0 Å². The number of oxime groups is 1. The van der Waals surface area contributed by atoms with Gasteiger partial charge in [-0.05, 0) is 41.5 Å². The second-order valence-corrected chi connectivity index (χ2v) is 7.64. The monoisotopic (exact) mass is 343 g/mol. The molecular formula is C16H29N3O5. The lowest BCUT2D eigenvalue weighted by molar-refractivity contribution is 0.0214. The van der Waals surface area contributed by atoms with Crippen LogP contribution in [-0.2, 0) is 14.3 Å². The van der Waals surface area contributed by atoms with Crippen LogP contribution in [0.25, 0.3) is 0 Å². The SMILES string of the molecule is CON=C1CCN(C(=O)OC(C)(C)C)CC1NC(=O)OC(C)(C)C. The van der Waals surface area contributed by atoms with Gasteiger partial charge >= 0.3 is 12.2 Å². The molecule has 1 saturated heterocycles. The first kappa shape index (κ1) is 20.1. The molecule has 0 aromatic rings. The Kier molecular flexibility index (Phi) is 6.45. The largest absolute Gasteiger partial charge is 0.444 e. The smallest absolute Gasteiger partial charge is 0.410 e. The lowest BCUT2D eigenvalue weighted by Crippen LogP contribution is -2.55. The Morgan fingerprint density at radius 3 is 2.21 bits per heavy atom. The summed E-state index contributed by atoms with van der Waals surface area (Å²) in [5.41, 5.74) is -0.531. The van der Waals surface area contributed by atoms with Crippen LogP contribution in [0.1, 0.15) is 48.0 Å². The average molecular weight is 343 g/mol. The number of amides is 2. The number of rotatable bonds is 2. The molecule has 1 atom stereocenters. The van der Waals surface area contributed by atoms with Crippen LogP contribution in [-0.4, -0.2) is 60.2 Å². The molecule has 1 heterocycles. The Morgan fingerprint density at radius 2 is 1.71 bits per heavy atom. The summed E-state index contributed by atoms with van der Waals surface area (Å²) in [5, 5.41) is 6.69. The van der Waals surface area contributed by atoms with Crippen molar-refractivity contribution in [3.63, 3.8) is 0 Å². The van der Waals surface area contributed by atoms with E-state index in [9.17, 15) is 9.59 Å². The lowest BCUT2D eigenvalue weighted by Gasteiger charge is -2.35. The zero-order chi connectivity index (χ0) is 18.5.